The molecular formula is C9H6BrFN2O. The molecule has 1 aromatic heterocycles. The van der Waals surface area contributed by atoms with Crippen molar-refractivity contribution in [2.75, 3.05) is 0 Å². The van der Waals surface area contributed by atoms with Gasteiger partial charge in [0, 0.05) is 15.9 Å². The van der Waals surface area contributed by atoms with Crippen LogP contribution in [0.2, 0.25) is 0 Å². The van der Waals surface area contributed by atoms with Gasteiger partial charge in [-0.25, -0.2) is 4.39 Å². The summed E-state index contributed by atoms with van der Waals surface area (Å²) in [5.41, 5.74) is 0.545. The topological polar surface area (TPSA) is 38.9 Å². The van der Waals surface area contributed by atoms with Gasteiger partial charge >= 0.3 is 0 Å². The van der Waals surface area contributed by atoms with E-state index in [4.69, 9.17) is 4.42 Å². The first-order valence-corrected chi connectivity index (χ1v) is 4.76. The van der Waals surface area contributed by atoms with Crippen LogP contribution in [0.1, 0.15) is 11.5 Å². The molecule has 0 radical (unpaired) electrons. The third kappa shape index (κ3) is 1.98. The van der Waals surface area contributed by atoms with Gasteiger partial charge in [0.25, 0.3) is 4.80 Å². The van der Waals surface area contributed by atoms with Gasteiger partial charge in [0.2, 0.25) is 5.89 Å². The molecule has 5 heteroatoms. The Morgan fingerprint density at radius 2 is 2.07 bits per heavy atom. The Kier molecular flexibility index (Phi) is 2.58. The Labute approximate surface area is 88.1 Å². The van der Waals surface area contributed by atoms with Gasteiger partial charge in [-0.1, -0.05) is 18.2 Å². The van der Waals surface area contributed by atoms with Crippen LogP contribution >= 0.6 is 15.9 Å². The van der Waals surface area contributed by atoms with E-state index in [1.54, 1.807) is 18.2 Å². The molecule has 0 saturated carbocycles. The summed E-state index contributed by atoms with van der Waals surface area (Å²) in [6.07, 6.45) is 0.311. The van der Waals surface area contributed by atoms with Crippen LogP contribution in [0.3, 0.4) is 0 Å². The molecular weight excluding hydrogens is 251 g/mol. The minimum atomic E-state index is -0.262. The van der Waals surface area contributed by atoms with Gasteiger partial charge in [0.05, 0.1) is 6.42 Å². The average molecular weight is 257 g/mol. The molecule has 0 N–H and O–H groups in total. The molecule has 0 fully saturated rings. The molecule has 0 amide bonds. The number of aromatic nitrogens is 2. The monoisotopic (exact) mass is 256 g/mol. The maximum atomic E-state index is 13.2. The predicted octanol–water partition coefficient (Wildman–Crippen LogP) is 2.56. The zero-order chi connectivity index (χ0) is 9.97. The van der Waals surface area contributed by atoms with Gasteiger partial charge in [-0.05, 0) is 11.6 Å². The van der Waals surface area contributed by atoms with Crippen LogP contribution in [0.4, 0.5) is 4.39 Å². The van der Waals surface area contributed by atoms with Crippen LogP contribution in [0.15, 0.2) is 33.5 Å². The van der Waals surface area contributed by atoms with Crippen molar-refractivity contribution in [1.82, 2.24) is 10.2 Å². The second-order valence-electron chi connectivity index (χ2n) is 2.72. The van der Waals surface area contributed by atoms with Crippen LogP contribution < -0.4 is 0 Å². The second-order valence-corrected chi connectivity index (χ2v) is 3.40. The van der Waals surface area contributed by atoms with Gasteiger partial charge in [0.1, 0.15) is 5.82 Å². The SMILES string of the molecule is Fc1ccccc1Cc1nnc(Br)o1. The summed E-state index contributed by atoms with van der Waals surface area (Å²) < 4.78 is 18.3. The largest absolute Gasteiger partial charge is 0.415 e. The molecule has 1 aromatic carbocycles. The van der Waals surface area contributed by atoms with Crippen molar-refractivity contribution >= 4 is 15.9 Å². The average Bonchev–Trinajstić information content (AvgIpc) is 2.56. The highest BCUT2D eigenvalue weighted by Crippen LogP contribution is 2.13. The summed E-state index contributed by atoms with van der Waals surface area (Å²) in [4.78, 5) is 0.309. The molecule has 0 saturated heterocycles. The molecule has 0 unspecified atom stereocenters. The van der Waals surface area contributed by atoms with Crippen LogP contribution in [0.25, 0.3) is 0 Å². The van der Waals surface area contributed by atoms with Crippen molar-refractivity contribution < 1.29 is 8.81 Å². The molecule has 0 aliphatic rings. The minimum absolute atomic E-state index is 0.262. The number of benzene rings is 1. The van der Waals surface area contributed by atoms with E-state index in [1.165, 1.54) is 6.07 Å². The fraction of sp³-hybridized carbons (Fsp3) is 0.111. The van der Waals surface area contributed by atoms with Gasteiger partial charge in [-0.2, -0.15) is 0 Å². The first kappa shape index (κ1) is 9.33. The van der Waals surface area contributed by atoms with E-state index in [9.17, 15) is 4.39 Å². The van der Waals surface area contributed by atoms with Crippen LogP contribution in [0.5, 0.6) is 0 Å². The van der Waals surface area contributed by atoms with E-state index in [2.05, 4.69) is 26.1 Å². The van der Waals surface area contributed by atoms with Crippen LogP contribution in [0, 0.1) is 5.82 Å². The van der Waals surface area contributed by atoms with Crippen molar-refractivity contribution in [3.63, 3.8) is 0 Å². The quantitative estimate of drug-likeness (QED) is 0.829. The number of nitrogens with zero attached hydrogens (tertiary/aromatic N) is 2. The van der Waals surface area contributed by atoms with Gasteiger partial charge in [-0.3, -0.25) is 0 Å². The van der Waals surface area contributed by atoms with Crippen LogP contribution in [-0.4, -0.2) is 10.2 Å². The number of rotatable bonds is 2. The summed E-state index contributed by atoms with van der Waals surface area (Å²) in [7, 11) is 0. The standard InChI is InChI=1S/C9H6BrFN2O/c10-9-13-12-8(14-9)5-6-3-1-2-4-7(6)11/h1-4H,5H2. The molecule has 0 spiro atoms. The van der Waals surface area contributed by atoms with Crippen molar-refractivity contribution in [1.29, 1.82) is 0 Å². The zero-order valence-electron chi connectivity index (χ0n) is 7.08. The summed E-state index contributed by atoms with van der Waals surface area (Å²) in [5.74, 6) is 0.129. The van der Waals surface area contributed by atoms with Crippen molar-refractivity contribution in [2.45, 2.75) is 6.42 Å². The lowest BCUT2D eigenvalue weighted by molar-refractivity contribution is 0.478. The number of hydrogen-bond acceptors (Lipinski definition) is 3. The van der Waals surface area contributed by atoms with Crippen molar-refractivity contribution in [3.8, 4) is 0 Å². The van der Waals surface area contributed by atoms with Crippen LogP contribution in [-0.2, 0) is 6.42 Å². The smallest absolute Gasteiger partial charge is 0.284 e. The zero-order valence-corrected chi connectivity index (χ0v) is 8.66. The third-order valence-electron chi connectivity index (χ3n) is 1.74. The van der Waals surface area contributed by atoms with Gasteiger partial charge in [-0.15, -0.1) is 10.2 Å². The lowest BCUT2D eigenvalue weighted by atomic mass is 10.1. The fourth-order valence-corrected chi connectivity index (χ4v) is 1.38. The Morgan fingerprint density at radius 1 is 1.29 bits per heavy atom. The summed E-state index contributed by atoms with van der Waals surface area (Å²) >= 11 is 3.03. The minimum Gasteiger partial charge on any atom is -0.415 e. The molecule has 72 valence electrons. The van der Waals surface area contributed by atoms with Crippen molar-refractivity contribution in [3.05, 3.63) is 46.3 Å². The normalized spacial score (nSPS) is 10.4. The lowest BCUT2D eigenvalue weighted by Crippen LogP contribution is -1.92. The maximum Gasteiger partial charge on any atom is 0.284 e. The highest BCUT2D eigenvalue weighted by Gasteiger charge is 2.07. The Bertz CT molecular complexity index is 444. The molecule has 1 heterocycles. The van der Waals surface area contributed by atoms with Crippen molar-refractivity contribution in [2.24, 2.45) is 0 Å². The molecule has 0 aliphatic heterocycles. The van der Waals surface area contributed by atoms with Gasteiger partial charge in [0.15, 0.2) is 0 Å². The predicted molar refractivity (Wildman–Crippen MR) is 51.2 cm³/mol. The Morgan fingerprint density at radius 3 is 2.71 bits per heavy atom. The van der Waals surface area contributed by atoms with E-state index in [0.29, 0.717) is 22.7 Å². The molecule has 0 bridgehead atoms. The van der Waals surface area contributed by atoms with E-state index < -0.39 is 0 Å². The van der Waals surface area contributed by atoms with E-state index in [0.717, 1.165) is 0 Å². The summed E-state index contributed by atoms with van der Waals surface area (Å²) in [6, 6.07) is 6.50. The van der Waals surface area contributed by atoms with E-state index >= 15 is 0 Å². The summed E-state index contributed by atoms with van der Waals surface area (Å²) in [5, 5.41) is 7.34. The fourth-order valence-electron chi connectivity index (χ4n) is 1.11. The molecule has 0 aliphatic carbocycles. The Hall–Kier alpha value is -1.23. The van der Waals surface area contributed by atoms with E-state index in [1.807, 2.05) is 0 Å². The molecule has 2 aromatic rings. The first-order valence-electron chi connectivity index (χ1n) is 3.97. The highest BCUT2D eigenvalue weighted by atomic mass is 79.9. The number of halogens is 2. The van der Waals surface area contributed by atoms with E-state index in [-0.39, 0.29) is 5.82 Å². The molecule has 14 heavy (non-hydrogen) atoms. The molecule has 2 rings (SSSR count). The number of hydrogen-bond donors (Lipinski definition) is 0. The molecule has 3 nitrogen and oxygen atoms in total. The van der Waals surface area contributed by atoms with Gasteiger partial charge < -0.3 is 4.42 Å². The maximum absolute atomic E-state index is 13.2. The lowest BCUT2D eigenvalue weighted by Gasteiger charge is -1.97. The Balaban J connectivity index is 2.23. The summed E-state index contributed by atoms with van der Waals surface area (Å²) in [6.45, 7) is 0. The second kappa shape index (κ2) is 3.88. The molecule has 0 atom stereocenters. The third-order valence-corrected chi connectivity index (χ3v) is 2.06. The highest BCUT2D eigenvalue weighted by molar-refractivity contribution is 9.10. The first-order chi connectivity index (χ1) is 6.75.